The van der Waals surface area contributed by atoms with Crippen molar-refractivity contribution in [3.8, 4) is 11.1 Å². The van der Waals surface area contributed by atoms with Crippen molar-refractivity contribution in [2.24, 2.45) is 0 Å². The lowest BCUT2D eigenvalue weighted by molar-refractivity contribution is 0.0688. The van der Waals surface area contributed by atoms with E-state index in [-0.39, 0.29) is 35.6 Å². The molecule has 0 amide bonds. The third-order valence-corrected chi connectivity index (χ3v) is 6.45. The first-order chi connectivity index (χ1) is 16.5. The molecule has 4 aromatic rings. The molecule has 1 aliphatic heterocycles. The summed E-state index contributed by atoms with van der Waals surface area (Å²) in [7, 11) is 0. The fourth-order valence-electron chi connectivity index (χ4n) is 4.47. The Labute approximate surface area is 219 Å². The summed E-state index contributed by atoms with van der Waals surface area (Å²) in [6, 6.07) is 11.8. The van der Waals surface area contributed by atoms with E-state index in [0.29, 0.717) is 35.1 Å². The molecule has 2 aromatic carbocycles. The maximum absolute atomic E-state index is 14.5. The van der Waals surface area contributed by atoms with Crippen LogP contribution in [0.25, 0.3) is 21.9 Å². The lowest BCUT2D eigenvalue weighted by Gasteiger charge is -2.25. The van der Waals surface area contributed by atoms with E-state index in [0.717, 1.165) is 30.5 Å². The van der Waals surface area contributed by atoms with E-state index in [2.05, 4.69) is 5.10 Å². The van der Waals surface area contributed by atoms with Gasteiger partial charge in [0, 0.05) is 60.4 Å². The van der Waals surface area contributed by atoms with Crippen molar-refractivity contribution in [3.05, 3.63) is 88.6 Å². The van der Waals surface area contributed by atoms with E-state index in [1.807, 2.05) is 48.3 Å². The number of nitrogens with zero attached hydrogens (tertiary/aromatic N) is 3. The van der Waals surface area contributed by atoms with Gasteiger partial charge in [0.15, 0.2) is 0 Å². The van der Waals surface area contributed by atoms with Crippen LogP contribution in [0.2, 0.25) is 0 Å². The Balaban J connectivity index is 0.000000270. The second-order valence-corrected chi connectivity index (χ2v) is 8.99. The van der Waals surface area contributed by atoms with Crippen molar-refractivity contribution in [2.75, 3.05) is 13.2 Å². The van der Waals surface area contributed by atoms with Gasteiger partial charge in [0.1, 0.15) is 11.6 Å². The highest BCUT2D eigenvalue weighted by atomic mass is 127. The first kappa shape index (κ1) is 25.5. The topological polar surface area (TPSA) is 49.1 Å². The van der Waals surface area contributed by atoms with Crippen molar-refractivity contribution in [1.82, 2.24) is 14.3 Å². The van der Waals surface area contributed by atoms with Crippen LogP contribution in [0.3, 0.4) is 0 Å². The number of hydrogen-bond donors (Lipinski definition) is 0. The van der Waals surface area contributed by atoms with Crippen molar-refractivity contribution in [3.63, 3.8) is 0 Å². The normalized spacial score (nSPS) is 15.9. The summed E-state index contributed by atoms with van der Waals surface area (Å²) in [5, 5.41) is 5.32. The van der Waals surface area contributed by atoms with Crippen LogP contribution < -0.4 is 5.56 Å². The summed E-state index contributed by atoms with van der Waals surface area (Å²) in [5.74, 6) is -1.26. The summed E-state index contributed by atoms with van der Waals surface area (Å²) in [6.45, 7) is 3.12. The van der Waals surface area contributed by atoms with Crippen LogP contribution >= 0.6 is 24.0 Å². The number of fused-ring (bicyclic) bond motifs is 1. The minimum Gasteiger partial charge on any atom is -0.381 e. The zero-order valence-electron chi connectivity index (χ0n) is 19.5. The summed E-state index contributed by atoms with van der Waals surface area (Å²) in [6.07, 6.45) is 9.69. The molecule has 0 spiro atoms. The van der Waals surface area contributed by atoms with Crippen LogP contribution in [0.5, 0.6) is 0 Å². The van der Waals surface area contributed by atoms with Gasteiger partial charge in [-0.3, -0.25) is 9.48 Å². The van der Waals surface area contributed by atoms with Gasteiger partial charge < -0.3 is 9.30 Å². The Bertz CT molecular complexity index is 1360. The fourth-order valence-corrected chi connectivity index (χ4v) is 4.47. The zero-order chi connectivity index (χ0) is 23.7. The number of aryl methyl sites for hydroxylation is 1. The summed E-state index contributed by atoms with van der Waals surface area (Å²) < 4.78 is 36.9. The molecule has 8 heteroatoms. The van der Waals surface area contributed by atoms with E-state index >= 15 is 0 Å². The number of hydrogen-bond acceptors (Lipinski definition) is 3. The second kappa shape index (κ2) is 11.0. The Morgan fingerprint density at radius 1 is 0.943 bits per heavy atom. The molecule has 0 atom stereocenters. The molecular weight excluding hydrogens is 563 g/mol. The highest BCUT2D eigenvalue weighted by molar-refractivity contribution is 14.0. The van der Waals surface area contributed by atoms with E-state index < -0.39 is 11.6 Å². The highest BCUT2D eigenvalue weighted by Crippen LogP contribution is 2.33. The molecular formula is C27H28F2IN3O2. The maximum atomic E-state index is 14.5. The average Bonchev–Trinajstić information content (AvgIpc) is 3.55. The standard InChI is InChI=1S/C21H19F2NO2.C6H8N2.HI/c1-13-2-4-16-18(10-13)21(25)24(15-6-8-26-9-7-15)12-19(16)17-5-3-14(22)11-20(17)23;1-4-7-8(5-1)6-2-3-6;/h2-5,10-12,15H,6-9H2,1H3;1,4-6H,2-3H2;1H. The third kappa shape index (κ3) is 5.64. The van der Waals surface area contributed by atoms with E-state index in [4.69, 9.17) is 4.74 Å². The number of benzene rings is 2. The molecule has 0 N–H and O–H groups in total. The van der Waals surface area contributed by atoms with E-state index in [1.54, 1.807) is 10.8 Å². The van der Waals surface area contributed by atoms with Gasteiger partial charge in [-0.05, 0) is 62.3 Å². The van der Waals surface area contributed by atoms with Gasteiger partial charge in [0.05, 0.1) is 6.04 Å². The van der Waals surface area contributed by atoms with E-state index in [9.17, 15) is 13.6 Å². The molecule has 3 heterocycles. The van der Waals surface area contributed by atoms with E-state index in [1.165, 1.54) is 25.0 Å². The molecule has 1 saturated carbocycles. The van der Waals surface area contributed by atoms with Gasteiger partial charge in [-0.15, -0.1) is 24.0 Å². The van der Waals surface area contributed by atoms with Gasteiger partial charge in [-0.25, -0.2) is 8.78 Å². The lowest BCUT2D eigenvalue weighted by atomic mass is 9.98. The largest absolute Gasteiger partial charge is 0.381 e. The van der Waals surface area contributed by atoms with Crippen LogP contribution in [-0.4, -0.2) is 27.6 Å². The highest BCUT2D eigenvalue weighted by Gasteiger charge is 2.23. The summed E-state index contributed by atoms with van der Waals surface area (Å²) in [4.78, 5) is 13.1. The van der Waals surface area contributed by atoms with Gasteiger partial charge in [0.25, 0.3) is 5.56 Å². The molecule has 35 heavy (non-hydrogen) atoms. The van der Waals surface area contributed by atoms with Crippen LogP contribution in [-0.2, 0) is 4.74 Å². The van der Waals surface area contributed by atoms with Crippen molar-refractivity contribution in [2.45, 2.75) is 44.7 Å². The van der Waals surface area contributed by atoms with Crippen LogP contribution in [0.1, 0.15) is 43.3 Å². The second-order valence-electron chi connectivity index (χ2n) is 8.99. The molecule has 2 aromatic heterocycles. The van der Waals surface area contributed by atoms with Gasteiger partial charge in [-0.1, -0.05) is 17.7 Å². The molecule has 1 aliphatic carbocycles. The maximum Gasteiger partial charge on any atom is 0.258 e. The average molecular weight is 591 g/mol. The minimum absolute atomic E-state index is 0. The monoisotopic (exact) mass is 591 g/mol. The van der Waals surface area contributed by atoms with Crippen LogP contribution in [0, 0.1) is 18.6 Å². The van der Waals surface area contributed by atoms with Crippen molar-refractivity contribution < 1.29 is 13.5 Å². The Morgan fingerprint density at radius 2 is 1.71 bits per heavy atom. The Kier molecular flexibility index (Phi) is 8.01. The predicted octanol–water partition coefficient (Wildman–Crippen LogP) is 6.44. The number of ether oxygens (including phenoxy) is 1. The number of aromatic nitrogens is 3. The van der Waals surface area contributed by atoms with Gasteiger partial charge in [-0.2, -0.15) is 5.10 Å². The van der Waals surface area contributed by atoms with Crippen molar-refractivity contribution >= 4 is 34.7 Å². The predicted molar refractivity (Wildman–Crippen MR) is 143 cm³/mol. The molecule has 1 saturated heterocycles. The van der Waals surface area contributed by atoms with Gasteiger partial charge >= 0.3 is 0 Å². The Hall–Kier alpha value is -2.59. The third-order valence-electron chi connectivity index (χ3n) is 6.45. The molecule has 0 radical (unpaired) electrons. The fraction of sp³-hybridized carbons (Fsp3) is 0.333. The smallest absolute Gasteiger partial charge is 0.258 e. The SMILES string of the molecule is Cc1ccc2c(-c3ccc(F)cc3F)cn(C3CCOCC3)c(=O)c2c1.I.c1cnn(C2CC2)c1. The molecule has 184 valence electrons. The molecule has 2 aliphatic rings. The molecule has 0 bridgehead atoms. The minimum atomic E-state index is -0.635. The first-order valence-electron chi connectivity index (χ1n) is 11.7. The molecule has 0 unspecified atom stereocenters. The van der Waals surface area contributed by atoms with Crippen LogP contribution in [0.15, 0.2) is 65.8 Å². The lowest BCUT2D eigenvalue weighted by Crippen LogP contribution is -2.29. The zero-order valence-corrected chi connectivity index (χ0v) is 21.8. The van der Waals surface area contributed by atoms with Crippen LogP contribution in [0.4, 0.5) is 8.78 Å². The summed E-state index contributed by atoms with van der Waals surface area (Å²) in [5.41, 5.74) is 1.77. The quantitative estimate of drug-likeness (QED) is 0.258. The van der Waals surface area contributed by atoms with Crippen molar-refractivity contribution in [1.29, 1.82) is 0 Å². The number of pyridine rings is 1. The molecule has 5 nitrogen and oxygen atoms in total. The summed E-state index contributed by atoms with van der Waals surface area (Å²) >= 11 is 0. The number of halogens is 3. The van der Waals surface area contributed by atoms with Gasteiger partial charge in [0.2, 0.25) is 0 Å². The first-order valence-corrected chi connectivity index (χ1v) is 11.7. The Morgan fingerprint density at radius 3 is 2.37 bits per heavy atom. The molecule has 6 rings (SSSR count). The molecule has 2 fully saturated rings. The number of rotatable bonds is 3.